The zero-order valence-corrected chi connectivity index (χ0v) is 31.0. The van der Waals surface area contributed by atoms with Crippen LogP contribution in [0.25, 0.3) is 43.8 Å². The fourth-order valence-corrected chi connectivity index (χ4v) is 7.01. The minimum atomic E-state index is -5.08. The number of nitrogens with zero attached hydrogens (tertiary/aromatic N) is 7. The van der Waals surface area contributed by atoms with E-state index in [0.717, 1.165) is 48.8 Å². The lowest BCUT2D eigenvalue weighted by atomic mass is 9.94. The third-order valence-electron chi connectivity index (χ3n) is 9.42. The summed E-state index contributed by atoms with van der Waals surface area (Å²) in [5.74, 6) is -5.30. The number of carboxylic acid groups (broad SMARTS) is 2. The molecule has 5 aromatic rings. The highest BCUT2D eigenvalue weighted by Crippen LogP contribution is 2.45. The summed E-state index contributed by atoms with van der Waals surface area (Å²) in [7, 11) is 4.13. The molecule has 0 unspecified atom stereocenters. The summed E-state index contributed by atoms with van der Waals surface area (Å²) >= 11 is 13.5. The summed E-state index contributed by atoms with van der Waals surface area (Å²) in [4.78, 5) is 27.1. The molecule has 2 fully saturated rings. The molecule has 300 valence electrons. The van der Waals surface area contributed by atoms with E-state index in [1.807, 2.05) is 23.9 Å². The Hall–Kier alpha value is -4.97. The smallest absolute Gasteiger partial charge is 0.475 e. The Bertz CT molecular complexity index is 2310. The van der Waals surface area contributed by atoms with E-state index in [1.54, 1.807) is 12.3 Å². The Morgan fingerprint density at radius 1 is 1.00 bits per heavy atom. The lowest BCUT2D eigenvalue weighted by Crippen LogP contribution is -2.57. The molecule has 0 spiro atoms. The number of piperidine rings is 1. The first-order chi connectivity index (χ1) is 26.1. The highest BCUT2D eigenvalue weighted by atomic mass is 35.5. The number of carbonyl (C=O) groups is 2. The van der Waals surface area contributed by atoms with E-state index in [2.05, 4.69) is 45.5 Å². The Balaban J connectivity index is 0.000000367. The van der Waals surface area contributed by atoms with Crippen LogP contribution in [0.5, 0.6) is 0 Å². The standard InChI is InChI=1S/C30H30Cl2FN9.2C2HF3O2/c1-15-22(31)10-24-20(11-36-39-24)25(15)26-23(32)9-19-28(27(26)33)38-30(41-13-18(14-41)40(2)3)21-12-37-42(29(19)21)17-5-7-35-16(8-17)4-6-34;2*3-2(4,5)1(6)7/h9-12,16-18,35H,4-5,7-8,13-14H2,1-3H3,(H,36,39);2*(H,6,7)/t16-,17+;;/m1../s1. The van der Waals surface area contributed by atoms with Crippen molar-refractivity contribution < 1.29 is 50.5 Å². The second-order valence-electron chi connectivity index (χ2n) is 13.2. The lowest BCUT2D eigenvalue weighted by Gasteiger charge is -2.43. The van der Waals surface area contributed by atoms with Gasteiger partial charge < -0.3 is 25.3 Å². The van der Waals surface area contributed by atoms with E-state index in [1.165, 1.54) is 0 Å². The van der Waals surface area contributed by atoms with Crippen LogP contribution < -0.4 is 10.2 Å². The third kappa shape index (κ3) is 8.55. The van der Waals surface area contributed by atoms with Gasteiger partial charge in [-0.1, -0.05) is 23.2 Å². The highest BCUT2D eigenvalue weighted by molar-refractivity contribution is 6.36. The summed E-state index contributed by atoms with van der Waals surface area (Å²) in [5, 5.41) is 41.9. The molecule has 0 saturated carbocycles. The second kappa shape index (κ2) is 16.3. The molecule has 2 atom stereocenters. The number of likely N-dealkylation sites (N-methyl/N-ethyl adjacent to an activating group) is 1. The van der Waals surface area contributed by atoms with Crippen molar-refractivity contribution in [1.82, 2.24) is 35.2 Å². The molecule has 7 rings (SSSR count). The van der Waals surface area contributed by atoms with Crippen LogP contribution >= 0.6 is 23.2 Å². The average Bonchev–Trinajstić information content (AvgIpc) is 3.74. The topological polar surface area (TPSA) is 176 Å². The van der Waals surface area contributed by atoms with E-state index in [-0.39, 0.29) is 28.2 Å². The van der Waals surface area contributed by atoms with Crippen LogP contribution in [0.1, 0.15) is 30.9 Å². The van der Waals surface area contributed by atoms with Gasteiger partial charge in [0.2, 0.25) is 0 Å². The third-order valence-corrected chi connectivity index (χ3v) is 10.1. The minimum absolute atomic E-state index is 0.0497. The molecule has 0 amide bonds. The Kier molecular flexibility index (Phi) is 12.2. The molecule has 56 heavy (non-hydrogen) atoms. The second-order valence-corrected chi connectivity index (χ2v) is 14.1. The van der Waals surface area contributed by atoms with Crippen LogP contribution in [-0.4, -0.2) is 110 Å². The number of nitriles is 1. The summed E-state index contributed by atoms with van der Waals surface area (Å²) in [6.45, 7) is 4.21. The maximum absolute atomic E-state index is 17.0. The van der Waals surface area contributed by atoms with Crippen LogP contribution in [0.4, 0.5) is 36.6 Å². The van der Waals surface area contributed by atoms with Crippen LogP contribution in [0.3, 0.4) is 0 Å². The van der Waals surface area contributed by atoms with Gasteiger partial charge in [-0.15, -0.1) is 0 Å². The minimum Gasteiger partial charge on any atom is -0.475 e. The largest absolute Gasteiger partial charge is 0.490 e. The van der Waals surface area contributed by atoms with Crippen LogP contribution in [0.2, 0.25) is 10.0 Å². The summed E-state index contributed by atoms with van der Waals surface area (Å²) < 4.78 is 82.5. The zero-order valence-electron chi connectivity index (χ0n) is 29.5. The quantitative estimate of drug-likeness (QED) is 0.133. The molecular weight excluding hydrogens is 802 g/mol. The van der Waals surface area contributed by atoms with Gasteiger partial charge in [-0.05, 0) is 58.1 Å². The van der Waals surface area contributed by atoms with Crippen molar-refractivity contribution in [2.75, 3.05) is 38.6 Å². The predicted molar refractivity (Wildman–Crippen MR) is 192 cm³/mol. The van der Waals surface area contributed by atoms with Crippen molar-refractivity contribution >= 4 is 73.7 Å². The van der Waals surface area contributed by atoms with E-state index in [0.29, 0.717) is 45.3 Å². The fourth-order valence-electron chi connectivity index (χ4n) is 6.52. The van der Waals surface area contributed by atoms with Gasteiger partial charge in [0.15, 0.2) is 5.82 Å². The number of carboxylic acids is 2. The molecule has 0 aliphatic carbocycles. The number of anilines is 1. The Labute approximate surface area is 322 Å². The maximum Gasteiger partial charge on any atom is 0.490 e. The van der Waals surface area contributed by atoms with Gasteiger partial charge in [0.1, 0.15) is 11.3 Å². The number of H-pyrrole nitrogens is 1. The van der Waals surface area contributed by atoms with Crippen molar-refractivity contribution in [3.05, 3.63) is 46.0 Å². The number of fused-ring (bicyclic) bond motifs is 4. The van der Waals surface area contributed by atoms with Crippen molar-refractivity contribution in [2.45, 2.75) is 56.7 Å². The van der Waals surface area contributed by atoms with Gasteiger partial charge in [-0.3, -0.25) is 9.78 Å². The van der Waals surface area contributed by atoms with Crippen molar-refractivity contribution in [3.63, 3.8) is 0 Å². The lowest BCUT2D eigenvalue weighted by molar-refractivity contribution is -0.193. The number of hydrogen-bond acceptors (Lipinski definition) is 9. The number of halogens is 9. The number of hydrogen-bond donors (Lipinski definition) is 4. The SMILES string of the molecule is Cc1c(Cl)cc2[nH]ncc2c1-c1c(Cl)cc2c(nc(N3CC(N(C)C)C3)c3cnn([C@H]4CCN[C@H](CC#N)C4)c32)c1F.O=C(O)C(F)(F)F.O=C(O)C(F)(F)F. The zero-order chi connectivity index (χ0) is 41.4. The first-order valence-corrected chi connectivity index (χ1v) is 17.3. The van der Waals surface area contributed by atoms with Crippen molar-refractivity contribution in [1.29, 1.82) is 5.26 Å². The molecule has 2 aliphatic rings. The maximum atomic E-state index is 17.0. The molecule has 3 aromatic heterocycles. The molecule has 2 aromatic carbocycles. The number of aromatic nitrogens is 5. The number of pyridine rings is 1. The molecule has 2 saturated heterocycles. The van der Waals surface area contributed by atoms with Gasteiger partial charge >= 0.3 is 24.3 Å². The van der Waals surface area contributed by atoms with Gasteiger partial charge in [0.25, 0.3) is 0 Å². The number of rotatable bonds is 5. The number of benzene rings is 2. The Morgan fingerprint density at radius 3 is 2.20 bits per heavy atom. The highest BCUT2D eigenvalue weighted by Gasteiger charge is 2.39. The summed E-state index contributed by atoms with van der Waals surface area (Å²) in [5.41, 5.74) is 3.32. The monoisotopic (exact) mass is 833 g/mol. The number of alkyl halides is 6. The normalized spacial score (nSPS) is 17.6. The number of aromatic amines is 1. The first-order valence-electron chi connectivity index (χ1n) is 16.6. The molecule has 13 nitrogen and oxygen atoms in total. The molecule has 5 heterocycles. The van der Waals surface area contributed by atoms with E-state index in [9.17, 15) is 31.6 Å². The van der Waals surface area contributed by atoms with E-state index < -0.39 is 30.1 Å². The number of nitrogens with one attached hydrogen (secondary N) is 2. The van der Waals surface area contributed by atoms with Crippen LogP contribution in [-0.2, 0) is 9.59 Å². The van der Waals surface area contributed by atoms with E-state index >= 15 is 4.39 Å². The predicted octanol–water partition coefficient (Wildman–Crippen LogP) is 7.11. The fraction of sp³-hybridized carbons (Fsp3) is 0.412. The molecule has 2 aliphatic heterocycles. The molecule has 0 radical (unpaired) electrons. The van der Waals surface area contributed by atoms with Crippen molar-refractivity contribution in [2.24, 2.45) is 0 Å². The van der Waals surface area contributed by atoms with Gasteiger partial charge in [-0.25, -0.2) is 19.0 Å². The number of aliphatic carboxylic acids is 2. The van der Waals surface area contributed by atoms with Gasteiger partial charge in [-0.2, -0.15) is 41.8 Å². The van der Waals surface area contributed by atoms with Gasteiger partial charge in [0.05, 0.1) is 52.4 Å². The molecular formula is C34H32Cl2F7N9O4. The molecule has 22 heteroatoms. The van der Waals surface area contributed by atoms with E-state index in [4.69, 9.17) is 53.1 Å². The summed E-state index contributed by atoms with van der Waals surface area (Å²) in [6, 6.07) is 6.40. The van der Waals surface area contributed by atoms with Gasteiger partial charge in [0, 0.05) is 52.1 Å². The average molecular weight is 835 g/mol. The Morgan fingerprint density at radius 2 is 1.62 bits per heavy atom. The van der Waals surface area contributed by atoms with Crippen LogP contribution in [0.15, 0.2) is 24.5 Å². The molecule has 0 bridgehead atoms. The molecule has 4 N–H and O–H groups in total. The van der Waals surface area contributed by atoms with Crippen LogP contribution in [0, 0.1) is 24.1 Å². The van der Waals surface area contributed by atoms with Crippen molar-refractivity contribution in [3.8, 4) is 17.2 Å². The first kappa shape index (κ1) is 42.2. The summed E-state index contributed by atoms with van der Waals surface area (Å²) in [6.07, 6.45) is -4.63.